The van der Waals surface area contributed by atoms with E-state index in [2.05, 4.69) is 6.07 Å². The van der Waals surface area contributed by atoms with Crippen molar-refractivity contribution in [2.45, 2.75) is 6.92 Å². The van der Waals surface area contributed by atoms with Gasteiger partial charge in [-0.2, -0.15) is 0 Å². The number of aryl methyl sites for hydroxylation is 1. The topological polar surface area (TPSA) is 48.7 Å². The number of methoxy groups -OCH3 is 2. The second-order valence-corrected chi connectivity index (χ2v) is 6.61. The average Bonchev–Trinajstić information content (AvgIpc) is 2.71. The number of hydrogen-bond donors (Lipinski definition) is 0. The summed E-state index contributed by atoms with van der Waals surface area (Å²) in [6.07, 6.45) is 3.84. The number of benzene rings is 3. The van der Waals surface area contributed by atoms with Gasteiger partial charge in [0.15, 0.2) is 0 Å². The maximum absolute atomic E-state index is 12.2. The molecule has 0 N–H and O–H groups in total. The molecular formula is C24H20O4. The Kier molecular flexibility index (Phi) is 4.62. The molecule has 140 valence electrons. The Morgan fingerprint density at radius 1 is 0.821 bits per heavy atom. The van der Waals surface area contributed by atoms with Crippen LogP contribution < -0.4 is 15.1 Å². The van der Waals surface area contributed by atoms with Crippen LogP contribution in [0.25, 0.3) is 33.9 Å². The minimum atomic E-state index is -0.371. The molecule has 4 aromatic rings. The Labute approximate surface area is 162 Å². The van der Waals surface area contributed by atoms with Gasteiger partial charge in [0.2, 0.25) is 0 Å². The molecule has 3 aromatic carbocycles. The van der Waals surface area contributed by atoms with Gasteiger partial charge in [-0.3, -0.25) is 0 Å². The minimum Gasteiger partial charge on any atom is -0.497 e. The van der Waals surface area contributed by atoms with E-state index in [1.807, 2.05) is 61.5 Å². The first-order valence-electron chi connectivity index (χ1n) is 8.96. The molecule has 1 aromatic heterocycles. The summed E-state index contributed by atoms with van der Waals surface area (Å²) in [6.45, 7) is 2.05. The zero-order valence-electron chi connectivity index (χ0n) is 16.0. The van der Waals surface area contributed by atoms with Crippen molar-refractivity contribution < 1.29 is 13.9 Å². The van der Waals surface area contributed by atoms with Gasteiger partial charge in [0.1, 0.15) is 17.1 Å². The lowest BCUT2D eigenvalue weighted by Crippen LogP contribution is -1.98. The van der Waals surface area contributed by atoms with Gasteiger partial charge in [0, 0.05) is 22.9 Å². The number of rotatable bonds is 4. The fourth-order valence-electron chi connectivity index (χ4n) is 3.41. The molecule has 0 amide bonds. The minimum absolute atomic E-state index is 0.371. The van der Waals surface area contributed by atoms with E-state index in [0.717, 1.165) is 32.8 Å². The molecule has 28 heavy (non-hydrogen) atoms. The summed E-state index contributed by atoms with van der Waals surface area (Å²) in [7, 11) is 3.23. The van der Waals surface area contributed by atoms with E-state index in [0.29, 0.717) is 17.1 Å². The molecule has 0 unspecified atom stereocenters. The highest BCUT2D eigenvalue weighted by molar-refractivity contribution is 6.07. The predicted octanol–water partition coefficient (Wildman–Crippen LogP) is 5.44. The Morgan fingerprint density at radius 3 is 2.25 bits per heavy atom. The fraction of sp³-hybridized carbons (Fsp3) is 0.125. The lowest BCUT2D eigenvalue weighted by atomic mass is 10.0. The monoisotopic (exact) mass is 372 g/mol. The van der Waals surface area contributed by atoms with Gasteiger partial charge in [-0.25, -0.2) is 4.79 Å². The van der Waals surface area contributed by atoms with Crippen molar-refractivity contribution in [3.63, 3.8) is 0 Å². The molecule has 0 aliphatic rings. The molecule has 0 aliphatic carbocycles. The van der Waals surface area contributed by atoms with Gasteiger partial charge in [-0.15, -0.1) is 0 Å². The summed E-state index contributed by atoms with van der Waals surface area (Å²) in [5.41, 5.74) is 3.10. The van der Waals surface area contributed by atoms with Crippen LogP contribution in [0.4, 0.5) is 0 Å². The SMILES string of the molecule is COc1cc(/C=C/c2cc(=O)oc3c2ccc2c(C)cccc23)cc(OC)c1. The molecule has 4 rings (SSSR count). The first-order valence-corrected chi connectivity index (χ1v) is 8.96. The summed E-state index contributed by atoms with van der Waals surface area (Å²) in [5, 5.41) is 2.91. The lowest BCUT2D eigenvalue weighted by Gasteiger charge is -2.08. The molecule has 0 radical (unpaired) electrons. The summed E-state index contributed by atoms with van der Waals surface area (Å²) < 4.78 is 16.2. The van der Waals surface area contributed by atoms with E-state index in [9.17, 15) is 4.79 Å². The zero-order valence-corrected chi connectivity index (χ0v) is 16.0. The first-order chi connectivity index (χ1) is 13.6. The van der Waals surface area contributed by atoms with E-state index in [1.165, 1.54) is 6.07 Å². The molecule has 0 saturated heterocycles. The average molecular weight is 372 g/mol. The second-order valence-electron chi connectivity index (χ2n) is 6.61. The largest absolute Gasteiger partial charge is 0.497 e. The second kappa shape index (κ2) is 7.24. The van der Waals surface area contributed by atoms with E-state index in [1.54, 1.807) is 14.2 Å². The molecule has 4 heteroatoms. The van der Waals surface area contributed by atoms with Crippen molar-refractivity contribution in [1.82, 2.24) is 0 Å². The van der Waals surface area contributed by atoms with E-state index in [4.69, 9.17) is 13.9 Å². The Bertz CT molecular complexity index is 1240. The van der Waals surface area contributed by atoms with Crippen LogP contribution in [0.2, 0.25) is 0 Å². The summed E-state index contributed by atoms with van der Waals surface area (Å²) in [5.74, 6) is 1.41. The lowest BCUT2D eigenvalue weighted by molar-refractivity contribution is 0.394. The van der Waals surface area contributed by atoms with Gasteiger partial charge < -0.3 is 13.9 Å². The van der Waals surface area contributed by atoms with E-state index in [-0.39, 0.29) is 5.63 Å². The van der Waals surface area contributed by atoms with Gasteiger partial charge in [0.05, 0.1) is 14.2 Å². The van der Waals surface area contributed by atoms with Crippen molar-refractivity contribution >= 4 is 33.9 Å². The third kappa shape index (κ3) is 3.25. The fourth-order valence-corrected chi connectivity index (χ4v) is 3.41. The summed E-state index contributed by atoms with van der Waals surface area (Å²) >= 11 is 0. The molecule has 0 bridgehead atoms. The number of fused-ring (bicyclic) bond motifs is 3. The van der Waals surface area contributed by atoms with Gasteiger partial charge in [0.25, 0.3) is 0 Å². The first kappa shape index (κ1) is 17.9. The van der Waals surface area contributed by atoms with E-state index >= 15 is 0 Å². The molecule has 0 fully saturated rings. The summed E-state index contributed by atoms with van der Waals surface area (Å²) in [6, 6.07) is 17.2. The van der Waals surface area contributed by atoms with E-state index < -0.39 is 0 Å². The predicted molar refractivity (Wildman–Crippen MR) is 113 cm³/mol. The third-order valence-corrected chi connectivity index (χ3v) is 4.85. The van der Waals surface area contributed by atoms with Crippen LogP contribution >= 0.6 is 0 Å². The Hall–Kier alpha value is -3.53. The normalized spacial score (nSPS) is 11.4. The standard InChI is InChI=1S/C24H20O4/c1-15-5-4-6-22-20(15)9-10-21-17(13-23(25)28-24(21)22)8-7-16-11-18(26-2)14-19(12-16)27-3/h4-14H,1-3H3/b8-7+. The van der Waals surface area contributed by atoms with Crippen molar-refractivity contribution in [2.24, 2.45) is 0 Å². The highest BCUT2D eigenvalue weighted by Crippen LogP contribution is 2.30. The number of hydrogen-bond acceptors (Lipinski definition) is 4. The van der Waals surface area contributed by atoms with Crippen LogP contribution in [0.15, 0.2) is 63.8 Å². The van der Waals surface area contributed by atoms with Crippen molar-refractivity contribution in [3.8, 4) is 11.5 Å². The van der Waals surface area contributed by atoms with Crippen molar-refractivity contribution in [1.29, 1.82) is 0 Å². The van der Waals surface area contributed by atoms with Gasteiger partial charge in [-0.05, 0) is 47.2 Å². The quantitative estimate of drug-likeness (QED) is 0.353. The molecule has 0 atom stereocenters. The van der Waals surface area contributed by atoms with Crippen LogP contribution in [0.5, 0.6) is 11.5 Å². The third-order valence-electron chi connectivity index (χ3n) is 4.85. The van der Waals surface area contributed by atoms with Crippen LogP contribution in [-0.2, 0) is 0 Å². The van der Waals surface area contributed by atoms with Crippen molar-refractivity contribution in [3.05, 3.63) is 81.7 Å². The molecule has 0 spiro atoms. The molecule has 0 saturated carbocycles. The Balaban J connectivity index is 1.88. The molecular weight excluding hydrogens is 352 g/mol. The smallest absolute Gasteiger partial charge is 0.336 e. The van der Waals surface area contributed by atoms with Crippen LogP contribution in [-0.4, -0.2) is 14.2 Å². The Morgan fingerprint density at radius 2 is 1.54 bits per heavy atom. The number of ether oxygens (including phenoxy) is 2. The van der Waals surface area contributed by atoms with Gasteiger partial charge in [-0.1, -0.05) is 36.4 Å². The highest BCUT2D eigenvalue weighted by Gasteiger charge is 2.09. The summed E-state index contributed by atoms with van der Waals surface area (Å²) in [4.78, 5) is 12.2. The molecule has 4 nitrogen and oxygen atoms in total. The van der Waals surface area contributed by atoms with Crippen molar-refractivity contribution in [2.75, 3.05) is 14.2 Å². The van der Waals surface area contributed by atoms with Crippen LogP contribution in [0, 0.1) is 6.92 Å². The molecule has 0 aliphatic heterocycles. The maximum atomic E-state index is 12.2. The highest BCUT2D eigenvalue weighted by atomic mass is 16.5. The van der Waals surface area contributed by atoms with Gasteiger partial charge >= 0.3 is 5.63 Å². The molecule has 1 heterocycles. The zero-order chi connectivity index (χ0) is 19.7. The van der Waals surface area contributed by atoms with Crippen LogP contribution in [0.3, 0.4) is 0 Å². The maximum Gasteiger partial charge on any atom is 0.336 e. The van der Waals surface area contributed by atoms with Crippen LogP contribution in [0.1, 0.15) is 16.7 Å².